The third-order valence-electron chi connectivity index (χ3n) is 4.18. The van der Waals surface area contributed by atoms with Crippen molar-refractivity contribution in [1.82, 2.24) is 9.97 Å². The predicted molar refractivity (Wildman–Crippen MR) is 117 cm³/mol. The van der Waals surface area contributed by atoms with E-state index in [4.69, 9.17) is 11.6 Å². The van der Waals surface area contributed by atoms with Crippen LogP contribution in [-0.2, 0) is 15.4 Å². The summed E-state index contributed by atoms with van der Waals surface area (Å²) >= 11 is 6.10. The number of aromatic nitrogens is 2. The molecule has 3 aromatic rings. The van der Waals surface area contributed by atoms with Gasteiger partial charge in [0, 0.05) is 11.0 Å². The Labute approximate surface area is 184 Å². The van der Waals surface area contributed by atoms with Gasteiger partial charge in [0.05, 0.1) is 33.7 Å². The third kappa shape index (κ3) is 5.56. The Morgan fingerprint density at radius 3 is 2.23 bits per heavy atom. The van der Waals surface area contributed by atoms with E-state index in [1.165, 1.54) is 30.6 Å². The van der Waals surface area contributed by atoms with Crippen molar-refractivity contribution in [3.8, 4) is 0 Å². The Bertz CT molecular complexity index is 1210. The molecule has 0 aliphatic carbocycles. The summed E-state index contributed by atoms with van der Waals surface area (Å²) in [5.74, 6) is -0.421. The maximum atomic E-state index is 13.1. The number of benzene rings is 2. The topological polar surface area (TPSA) is 101 Å². The fourth-order valence-electron chi connectivity index (χ4n) is 2.55. The molecule has 0 bridgehead atoms. The van der Waals surface area contributed by atoms with E-state index in [1.807, 2.05) is 20.8 Å². The third-order valence-corrected chi connectivity index (χ3v) is 5.89. The Morgan fingerprint density at radius 2 is 1.65 bits per heavy atom. The van der Waals surface area contributed by atoms with Crippen LogP contribution >= 0.6 is 11.6 Å². The molecular formula is C21H20ClFN4O3S. The van der Waals surface area contributed by atoms with Crippen LogP contribution in [0.1, 0.15) is 37.0 Å². The van der Waals surface area contributed by atoms with Crippen LogP contribution in [0.5, 0.6) is 0 Å². The van der Waals surface area contributed by atoms with Crippen molar-refractivity contribution in [2.75, 3.05) is 10.0 Å². The van der Waals surface area contributed by atoms with Gasteiger partial charge in [0.1, 0.15) is 11.6 Å². The van der Waals surface area contributed by atoms with E-state index in [2.05, 4.69) is 20.0 Å². The highest BCUT2D eigenvalue weighted by atomic mass is 35.5. The molecule has 0 aliphatic rings. The summed E-state index contributed by atoms with van der Waals surface area (Å²) in [4.78, 5) is 21.0. The van der Waals surface area contributed by atoms with E-state index in [9.17, 15) is 17.6 Å². The number of amides is 1. The lowest BCUT2D eigenvalue weighted by Gasteiger charge is -2.16. The lowest BCUT2D eigenvalue weighted by Crippen LogP contribution is -2.18. The Morgan fingerprint density at radius 1 is 1.03 bits per heavy atom. The van der Waals surface area contributed by atoms with E-state index >= 15 is 0 Å². The van der Waals surface area contributed by atoms with Crippen LogP contribution in [0, 0.1) is 5.82 Å². The Kier molecular flexibility index (Phi) is 6.28. The minimum Gasteiger partial charge on any atom is -0.319 e. The molecule has 0 spiro atoms. The fraction of sp³-hybridized carbons (Fsp3) is 0.190. The molecule has 0 radical (unpaired) electrons. The average Bonchev–Trinajstić information content (AvgIpc) is 2.69. The zero-order valence-corrected chi connectivity index (χ0v) is 18.6. The Balaban J connectivity index is 1.80. The van der Waals surface area contributed by atoms with Gasteiger partial charge in [-0.2, -0.15) is 0 Å². The van der Waals surface area contributed by atoms with Crippen molar-refractivity contribution in [3.05, 3.63) is 77.1 Å². The molecule has 2 N–H and O–H groups in total. The number of hydrogen-bond donors (Lipinski definition) is 2. The van der Waals surface area contributed by atoms with E-state index in [-0.39, 0.29) is 26.6 Å². The molecule has 1 amide bonds. The number of anilines is 2. The molecule has 0 atom stereocenters. The zero-order valence-electron chi connectivity index (χ0n) is 17.0. The number of hydrogen-bond acceptors (Lipinski definition) is 5. The minimum atomic E-state index is -4.03. The van der Waals surface area contributed by atoms with Crippen LogP contribution in [0.2, 0.25) is 5.02 Å². The molecule has 31 heavy (non-hydrogen) atoms. The van der Waals surface area contributed by atoms with Crippen LogP contribution in [0.15, 0.2) is 59.8 Å². The molecule has 2 aromatic carbocycles. The number of nitrogens with one attached hydrogen (secondary N) is 2. The van der Waals surface area contributed by atoms with Gasteiger partial charge in [-0.05, 0) is 42.5 Å². The summed E-state index contributed by atoms with van der Waals surface area (Å²) in [6.07, 6.45) is 3.00. The maximum absolute atomic E-state index is 13.1. The Hall–Kier alpha value is -3.04. The van der Waals surface area contributed by atoms with Crippen LogP contribution in [0.3, 0.4) is 0 Å². The van der Waals surface area contributed by atoms with Gasteiger partial charge in [-0.15, -0.1) is 0 Å². The second-order valence-electron chi connectivity index (χ2n) is 7.75. The lowest BCUT2D eigenvalue weighted by molar-refractivity contribution is 0.102. The second kappa shape index (κ2) is 8.60. The first kappa shape index (κ1) is 22.6. The molecule has 3 rings (SSSR count). The predicted octanol–water partition coefficient (Wildman–Crippen LogP) is 4.62. The van der Waals surface area contributed by atoms with Crippen LogP contribution in [0.25, 0.3) is 0 Å². The quantitative estimate of drug-likeness (QED) is 0.576. The molecule has 0 unspecified atom stereocenters. The number of carbonyl (C=O) groups excluding carboxylic acids is 1. The molecule has 10 heteroatoms. The molecule has 0 aliphatic heterocycles. The standard InChI is InChI=1S/C21H20ClFN4O3S/c1-21(2,3)20-24-11-15(12-25-20)26-19(28)13-4-9-17(22)18(10-13)27-31(29,30)16-7-5-14(23)6-8-16/h4-12,27H,1-3H3,(H,26,28). The van der Waals surface area contributed by atoms with E-state index in [0.29, 0.717) is 11.5 Å². The van der Waals surface area contributed by atoms with Crippen LogP contribution in [-0.4, -0.2) is 24.3 Å². The van der Waals surface area contributed by atoms with Gasteiger partial charge in [0.25, 0.3) is 15.9 Å². The minimum absolute atomic E-state index is 0.0120. The normalized spacial score (nSPS) is 11.8. The summed E-state index contributed by atoms with van der Waals surface area (Å²) in [7, 11) is -4.03. The smallest absolute Gasteiger partial charge is 0.261 e. The molecule has 162 valence electrons. The van der Waals surface area contributed by atoms with Crippen LogP contribution in [0.4, 0.5) is 15.8 Å². The highest BCUT2D eigenvalue weighted by molar-refractivity contribution is 7.92. The molecule has 0 saturated carbocycles. The van der Waals surface area contributed by atoms with Gasteiger partial charge in [-0.3, -0.25) is 9.52 Å². The van der Waals surface area contributed by atoms with E-state index in [0.717, 1.165) is 24.3 Å². The summed E-state index contributed by atoms with van der Waals surface area (Å²) in [5.41, 5.74) is 0.343. The first-order valence-corrected chi connectivity index (χ1v) is 11.0. The lowest BCUT2D eigenvalue weighted by atomic mass is 9.96. The average molecular weight is 463 g/mol. The van der Waals surface area contributed by atoms with Crippen molar-refractivity contribution in [1.29, 1.82) is 0 Å². The van der Waals surface area contributed by atoms with Gasteiger partial charge >= 0.3 is 0 Å². The van der Waals surface area contributed by atoms with Crippen LogP contribution < -0.4 is 10.0 Å². The number of carbonyl (C=O) groups is 1. The number of halogens is 2. The highest BCUT2D eigenvalue weighted by Gasteiger charge is 2.19. The van der Waals surface area contributed by atoms with Gasteiger partial charge in [-0.25, -0.2) is 22.8 Å². The van der Waals surface area contributed by atoms with Crippen molar-refractivity contribution in [2.45, 2.75) is 31.1 Å². The number of sulfonamides is 1. The van der Waals surface area contributed by atoms with Crippen molar-refractivity contribution in [2.24, 2.45) is 0 Å². The number of rotatable bonds is 5. The fourth-order valence-corrected chi connectivity index (χ4v) is 3.84. The molecule has 0 saturated heterocycles. The van der Waals surface area contributed by atoms with Gasteiger partial charge in [0.15, 0.2) is 0 Å². The SMILES string of the molecule is CC(C)(C)c1ncc(NC(=O)c2ccc(Cl)c(NS(=O)(=O)c3ccc(F)cc3)c2)cn1. The zero-order chi connectivity index (χ0) is 22.8. The molecular weight excluding hydrogens is 443 g/mol. The first-order chi connectivity index (χ1) is 14.5. The second-order valence-corrected chi connectivity index (χ2v) is 9.84. The maximum Gasteiger partial charge on any atom is 0.261 e. The van der Waals surface area contributed by atoms with Crippen molar-refractivity contribution >= 4 is 38.9 Å². The van der Waals surface area contributed by atoms with E-state index in [1.54, 1.807) is 0 Å². The molecule has 1 aromatic heterocycles. The summed E-state index contributed by atoms with van der Waals surface area (Å²) in [5, 5.41) is 2.76. The largest absolute Gasteiger partial charge is 0.319 e. The highest BCUT2D eigenvalue weighted by Crippen LogP contribution is 2.26. The first-order valence-electron chi connectivity index (χ1n) is 9.17. The summed E-state index contributed by atoms with van der Waals surface area (Å²) in [6.45, 7) is 5.93. The monoisotopic (exact) mass is 462 g/mol. The van der Waals surface area contributed by atoms with Gasteiger partial charge in [-0.1, -0.05) is 32.4 Å². The molecule has 7 nitrogen and oxygen atoms in total. The summed E-state index contributed by atoms with van der Waals surface area (Å²) in [6, 6.07) is 8.49. The number of nitrogens with zero attached hydrogens (tertiary/aromatic N) is 2. The molecule has 0 fully saturated rings. The molecule has 1 heterocycles. The van der Waals surface area contributed by atoms with Crippen molar-refractivity contribution < 1.29 is 17.6 Å². The van der Waals surface area contributed by atoms with Crippen molar-refractivity contribution in [3.63, 3.8) is 0 Å². The van der Waals surface area contributed by atoms with E-state index < -0.39 is 21.7 Å². The van der Waals surface area contributed by atoms with Gasteiger partial charge in [0.2, 0.25) is 0 Å². The summed E-state index contributed by atoms with van der Waals surface area (Å²) < 4.78 is 40.5. The van der Waals surface area contributed by atoms with Gasteiger partial charge < -0.3 is 5.32 Å².